The zero-order valence-electron chi connectivity index (χ0n) is 9.19. The van der Waals surface area contributed by atoms with Gasteiger partial charge in [-0.3, -0.25) is 0 Å². The highest BCUT2D eigenvalue weighted by atomic mass is 14.1. The second kappa shape index (κ2) is 7.39. The average molecular weight is 168 g/mol. The SMILES string of the molecule is C/C=C(\CC)CC(CC)CCC. The van der Waals surface area contributed by atoms with Gasteiger partial charge in [-0.1, -0.05) is 51.7 Å². The summed E-state index contributed by atoms with van der Waals surface area (Å²) in [7, 11) is 0. The normalized spacial score (nSPS) is 14.8. The van der Waals surface area contributed by atoms with Crippen LogP contribution in [0.3, 0.4) is 0 Å². The van der Waals surface area contributed by atoms with Gasteiger partial charge in [-0.15, -0.1) is 0 Å². The third-order valence-corrected chi connectivity index (χ3v) is 2.69. The summed E-state index contributed by atoms with van der Waals surface area (Å²) >= 11 is 0. The second-order valence-corrected chi connectivity index (χ2v) is 3.57. The van der Waals surface area contributed by atoms with Gasteiger partial charge in [-0.05, 0) is 25.7 Å². The highest BCUT2D eigenvalue weighted by Crippen LogP contribution is 2.21. The van der Waals surface area contributed by atoms with Crippen molar-refractivity contribution >= 4 is 0 Å². The van der Waals surface area contributed by atoms with Crippen molar-refractivity contribution < 1.29 is 0 Å². The molecule has 0 spiro atoms. The molecule has 0 aromatic heterocycles. The Bertz CT molecular complexity index is 122. The summed E-state index contributed by atoms with van der Waals surface area (Å²) in [6, 6.07) is 0. The number of rotatable bonds is 6. The quantitative estimate of drug-likeness (QED) is 0.510. The minimum absolute atomic E-state index is 0.932. The fraction of sp³-hybridized carbons (Fsp3) is 0.833. The molecule has 0 N–H and O–H groups in total. The first-order valence-corrected chi connectivity index (χ1v) is 5.42. The van der Waals surface area contributed by atoms with Crippen molar-refractivity contribution in [2.24, 2.45) is 5.92 Å². The molecule has 0 rings (SSSR count). The first kappa shape index (κ1) is 11.7. The summed E-state index contributed by atoms with van der Waals surface area (Å²) < 4.78 is 0. The average Bonchev–Trinajstić information content (AvgIpc) is 2.12. The lowest BCUT2D eigenvalue weighted by molar-refractivity contribution is 0.456. The van der Waals surface area contributed by atoms with Crippen LogP contribution in [0.15, 0.2) is 11.6 Å². The molecule has 0 radical (unpaired) electrons. The van der Waals surface area contributed by atoms with Crippen LogP contribution in [-0.2, 0) is 0 Å². The van der Waals surface area contributed by atoms with Gasteiger partial charge in [0.25, 0.3) is 0 Å². The van der Waals surface area contributed by atoms with Gasteiger partial charge in [0.05, 0.1) is 0 Å². The number of hydrogen-bond acceptors (Lipinski definition) is 0. The van der Waals surface area contributed by atoms with Crippen LogP contribution >= 0.6 is 0 Å². The number of hydrogen-bond donors (Lipinski definition) is 0. The van der Waals surface area contributed by atoms with Gasteiger partial charge in [0, 0.05) is 0 Å². The van der Waals surface area contributed by atoms with Crippen LogP contribution < -0.4 is 0 Å². The second-order valence-electron chi connectivity index (χ2n) is 3.57. The summed E-state index contributed by atoms with van der Waals surface area (Å²) in [4.78, 5) is 0. The van der Waals surface area contributed by atoms with Crippen LogP contribution in [0.5, 0.6) is 0 Å². The molecule has 0 saturated heterocycles. The van der Waals surface area contributed by atoms with E-state index in [-0.39, 0.29) is 0 Å². The molecule has 0 aromatic rings. The predicted octanol–water partition coefficient (Wildman–Crippen LogP) is 4.56. The monoisotopic (exact) mass is 168 g/mol. The minimum atomic E-state index is 0.932. The Hall–Kier alpha value is -0.260. The van der Waals surface area contributed by atoms with Gasteiger partial charge in [0.2, 0.25) is 0 Å². The van der Waals surface area contributed by atoms with Crippen molar-refractivity contribution in [3.05, 3.63) is 11.6 Å². The topological polar surface area (TPSA) is 0 Å². The molecule has 0 heterocycles. The standard InChI is InChI=1S/C12H24/c1-5-9-12(8-4)10-11(6-2)7-3/h6,12H,5,7-10H2,1-4H3/b11-6+. The first-order chi connectivity index (χ1) is 5.78. The van der Waals surface area contributed by atoms with Gasteiger partial charge >= 0.3 is 0 Å². The molecule has 1 atom stereocenters. The molecule has 0 aliphatic heterocycles. The fourth-order valence-corrected chi connectivity index (χ4v) is 1.70. The molecular weight excluding hydrogens is 144 g/mol. The van der Waals surface area contributed by atoms with Crippen molar-refractivity contribution in [2.75, 3.05) is 0 Å². The smallest absolute Gasteiger partial charge is 0.0292 e. The summed E-state index contributed by atoms with van der Waals surface area (Å²) in [6.45, 7) is 9.01. The molecule has 0 aliphatic rings. The van der Waals surface area contributed by atoms with Gasteiger partial charge < -0.3 is 0 Å². The van der Waals surface area contributed by atoms with Crippen molar-refractivity contribution in [1.29, 1.82) is 0 Å². The van der Waals surface area contributed by atoms with Gasteiger partial charge in [0.15, 0.2) is 0 Å². The first-order valence-electron chi connectivity index (χ1n) is 5.42. The van der Waals surface area contributed by atoms with Crippen LogP contribution in [0.25, 0.3) is 0 Å². The summed E-state index contributed by atoms with van der Waals surface area (Å²) in [5.74, 6) is 0.932. The Morgan fingerprint density at radius 1 is 1.25 bits per heavy atom. The molecule has 0 aliphatic carbocycles. The summed E-state index contributed by atoms with van der Waals surface area (Å²) in [5.41, 5.74) is 1.63. The highest BCUT2D eigenvalue weighted by Gasteiger charge is 2.06. The van der Waals surface area contributed by atoms with Crippen molar-refractivity contribution in [3.8, 4) is 0 Å². The van der Waals surface area contributed by atoms with E-state index in [0.29, 0.717) is 0 Å². The maximum Gasteiger partial charge on any atom is -0.0292 e. The van der Waals surface area contributed by atoms with E-state index in [0.717, 1.165) is 5.92 Å². The molecule has 1 unspecified atom stereocenters. The van der Waals surface area contributed by atoms with E-state index >= 15 is 0 Å². The van der Waals surface area contributed by atoms with Crippen LogP contribution in [0, 0.1) is 5.92 Å². The van der Waals surface area contributed by atoms with E-state index in [2.05, 4.69) is 33.8 Å². The highest BCUT2D eigenvalue weighted by molar-refractivity contribution is 5.00. The minimum Gasteiger partial charge on any atom is -0.0885 e. The molecule has 0 bridgehead atoms. The van der Waals surface area contributed by atoms with Crippen molar-refractivity contribution in [1.82, 2.24) is 0 Å². The molecule has 12 heavy (non-hydrogen) atoms. The van der Waals surface area contributed by atoms with Gasteiger partial charge in [-0.25, -0.2) is 0 Å². The summed E-state index contributed by atoms with van der Waals surface area (Å²) in [5, 5.41) is 0. The lowest BCUT2D eigenvalue weighted by Crippen LogP contribution is -1.99. The predicted molar refractivity (Wildman–Crippen MR) is 57.4 cm³/mol. The Morgan fingerprint density at radius 2 is 1.92 bits per heavy atom. The molecule has 0 fully saturated rings. The van der Waals surface area contributed by atoms with Crippen LogP contribution in [0.2, 0.25) is 0 Å². The van der Waals surface area contributed by atoms with E-state index in [9.17, 15) is 0 Å². The maximum absolute atomic E-state index is 2.31. The Kier molecular flexibility index (Phi) is 7.23. The molecule has 0 saturated carbocycles. The lowest BCUT2D eigenvalue weighted by Gasteiger charge is -2.14. The Balaban J connectivity index is 3.83. The van der Waals surface area contributed by atoms with Gasteiger partial charge in [0.1, 0.15) is 0 Å². The molecule has 0 nitrogen and oxygen atoms in total. The molecule has 0 amide bonds. The summed E-state index contributed by atoms with van der Waals surface area (Å²) in [6.07, 6.45) is 8.92. The fourth-order valence-electron chi connectivity index (χ4n) is 1.70. The van der Waals surface area contributed by atoms with E-state index in [1.54, 1.807) is 5.57 Å². The van der Waals surface area contributed by atoms with E-state index in [4.69, 9.17) is 0 Å². The molecular formula is C12H24. The largest absolute Gasteiger partial charge is 0.0885 e. The third-order valence-electron chi connectivity index (χ3n) is 2.69. The van der Waals surface area contributed by atoms with E-state index in [1.807, 2.05) is 0 Å². The maximum atomic E-state index is 2.31. The van der Waals surface area contributed by atoms with E-state index in [1.165, 1.54) is 32.1 Å². The van der Waals surface area contributed by atoms with Crippen molar-refractivity contribution in [3.63, 3.8) is 0 Å². The van der Waals surface area contributed by atoms with Crippen LogP contribution in [-0.4, -0.2) is 0 Å². The zero-order chi connectivity index (χ0) is 9.40. The Labute approximate surface area is 78.1 Å². The lowest BCUT2D eigenvalue weighted by atomic mass is 9.92. The van der Waals surface area contributed by atoms with Gasteiger partial charge in [-0.2, -0.15) is 0 Å². The van der Waals surface area contributed by atoms with E-state index < -0.39 is 0 Å². The number of allylic oxidation sites excluding steroid dienone is 2. The molecule has 72 valence electrons. The Morgan fingerprint density at radius 3 is 2.25 bits per heavy atom. The van der Waals surface area contributed by atoms with Crippen LogP contribution in [0.1, 0.15) is 59.8 Å². The molecule has 0 heteroatoms. The zero-order valence-corrected chi connectivity index (χ0v) is 9.19. The molecule has 0 aromatic carbocycles. The van der Waals surface area contributed by atoms with Crippen LogP contribution in [0.4, 0.5) is 0 Å². The third kappa shape index (κ3) is 4.58. The van der Waals surface area contributed by atoms with Crippen molar-refractivity contribution in [2.45, 2.75) is 59.8 Å².